The summed E-state index contributed by atoms with van der Waals surface area (Å²) in [6, 6.07) is 5.98. The topological polar surface area (TPSA) is 58.5 Å². The molecule has 1 aliphatic rings. The number of fused-ring (bicyclic) bond motifs is 1. The fourth-order valence-electron chi connectivity index (χ4n) is 2.83. The number of hydrogen-bond acceptors (Lipinski definition) is 4. The second-order valence-corrected chi connectivity index (χ2v) is 5.81. The zero-order chi connectivity index (χ0) is 14.2. The maximum absolute atomic E-state index is 10.5. The molecule has 0 aromatic carbocycles. The predicted molar refractivity (Wildman–Crippen MR) is 75.4 cm³/mol. The molecular formula is C16H21NO3. The van der Waals surface area contributed by atoms with Crippen molar-refractivity contribution >= 4 is 0 Å². The van der Waals surface area contributed by atoms with Gasteiger partial charge in [0.15, 0.2) is 0 Å². The molecule has 108 valence electrons. The summed E-state index contributed by atoms with van der Waals surface area (Å²) < 4.78 is 11.0. The smallest absolute Gasteiger partial charge is 0.136 e. The van der Waals surface area contributed by atoms with Crippen LogP contribution >= 0.6 is 0 Å². The first-order chi connectivity index (χ1) is 9.56. The largest absolute Gasteiger partial charge is 0.469 e. The first-order valence-electron chi connectivity index (χ1n) is 7.15. The molecule has 4 nitrogen and oxygen atoms in total. The van der Waals surface area contributed by atoms with Crippen LogP contribution in [0, 0.1) is 6.92 Å². The molecule has 2 heterocycles. The van der Waals surface area contributed by atoms with Gasteiger partial charge < -0.3 is 19.3 Å². The number of aryl methyl sites for hydroxylation is 2. The van der Waals surface area contributed by atoms with E-state index in [1.54, 1.807) is 13.2 Å². The molecule has 2 aromatic rings. The molecule has 0 fully saturated rings. The van der Waals surface area contributed by atoms with Crippen molar-refractivity contribution < 1.29 is 13.9 Å². The van der Waals surface area contributed by atoms with E-state index in [4.69, 9.17) is 8.83 Å². The van der Waals surface area contributed by atoms with E-state index in [1.165, 1.54) is 5.56 Å². The molecule has 2 atom stereocenters. The summed E-state index contributed by atoms with van der Waals surface area (Å²) in [6.07, 6.45) is 4.94. The van der Waals surface area contributed by atoms with Gasteiger partial charge in [0.1, 0.15) is 22.9 Å². The monoisotopic (exact) mass is 275 g/mol. The Hall–Kier alpha value is -1.52. The summed E-state index contributed by atoms with van der Waals surface area (Å²) in [6.45, 7) is 4.11. The van der Waals surface area contributed by atoms with Crippen molar-refractivity contribution in [1.82, 2.24) is 5.32 Å². The number of aliphatic hydroxyl groups is 1. The van der Waals surface area contributed by atoms with E-state index in [0.29, 0.717) is 12.3 Å². The minimum atomic E-state index is -1.00. The Bertz CT molecular complexity index is 582. The Morgan fingerprint density at radius 3 is 3.00 bits per heavy atom. The van der Waals surface area contributed by atoms with Gasteiger partial charge in [0, 0.05) is 24.6 Å². The summed E-state index contributed by atoms with van der Waals surface area (Å²) >= 11 is 0. The molecule has 0 spiro atoms. The third-order valence-electron chi connectivity index (χ3n) is 4.02. The lowest BCUT2D eigenvalue weighted by atomic mass is 9.92. The Morgan fingerprint density at radius 2 is 2.25 bits per heavy atom. The van der Waals surface area contributed by atoms with E-state index < -0.39 is 5.60 Å². The van der Waals surface area contributed by atoms with Crippen LogP contribution in [0.3, 0.4) is 0 Å². The zero-order valence-corrected chi connectivity index (χ0v) is 12.0. The predicted octanol–water partition coefficient (Wildman–Crippen LogP) is 3.06. The molecule has 1 aliphatic carbocycles. The molecule has 0 amide bonds. The van der Waals surface area contributed by atoms with Crippen molar-refractivity contribution in [1.29, 1.82) is 0 Å². The summed E-state index contributed by atoms with van der Waals surface area (Å²) in [4.78, 5) is 0. The number of nitrogens with one attached hydrogen (secondary N) is 1. The van der Waals surface area contributed by atoms with Crippen LogP contribution in [-0.2, 0) is 12.0 Å². The minimum Gasteiger partial charge on any atom is -0.469 e. The number of furan rings is 2. The van der Waals surface area contributed by atoms with Crippen molar-refractivity contribution in [2.75, 3.05) is 6.54 Å². The fourth-order valence-corrected chi connectivity index (χ4v) is 2.83. The van der Waals surface area contributed by atoms with Crippen LogP contribution in [0.4, 0.5) is 0 Å². The van der Waals surface area contributed by atoms with Gasteiger partial charge in [0.2, 0.25) is 0 Å². The van der Waals surface area contributed by atoms with Crippen molar-refractivity contribution in [3.05, 3.63) is 47.3 Å². The fraction of sp³-hybridized carbons (Fsp3) is 0.500. The van der Waals surface area contributed by atoms with Crippen molar-refractivity contribution in [2.24, 2.45) is 0 Å². The summed E-state index contributed by atoms with van der Waals surface area (Å²) in [7, 11) is 0. The highest BCUT2D eigenvalue weighted by Gasteiger charge is 2.29. The molecule has 2 aromatic heterocycles. The van der Waals surface area contributed by atoms with Crippen LogP contribution in [0.5, 0.6) is 0 Å². The van der Waals surface area contributed by atoms with Crippen LogP contribution in [0.15, 0.2) is 33.3 Å². The van der Waals surface area contributed by atoms with Gasteiger partial charge in [0.25, 0.3) is 0 Å². The summed E-state index contributed by atoms with van der Waals surface area (Å²) in [5.41, 5.74) is 0.220. The summed E-state index contributed by atoms with van der Waals surface area (Å²) in [5.74, 6) is 2.49. The lowest BCUT2D eigenvalue weighted by molar-refractivity contribution is 0.0301. The first kappa shape index (κ1) is 13.5. The van der Waals surface area contributed by atoms with Gasteiger partial charge >= 0.3 is 0 Å². The Balaban J connectivity index is 1.68. The Morgan fingerprint density at radius 1 is 1.40 bits per heavy atom. The molecule has 0 radical (unpaired) electrons. The van der Waals surface area contributed by atoms with E-state index in [2.05, 4.69) is 5.32 Å². The van der Waals surface area contributed by atoms with Gasteiger partial charge in [-0.2, -0.15) is 0 Å². The van der Waals surface area contributed by atoms with Gasteiger partial charge in [-0.3, -0.25) is 0 Å². The molecule has 0 unspecified atom stereocenters. The summed E-state index contributed by atoms with van der Waals surface area (Å²) in [5, 5.41) is 14.0. The standard InChI is InChI=1S/C16H21NO3/c1-11-6-7-15(20-11)16(2,18)10-17-13-4-3-5-14-12(13)8-9-19-14/h6-9,13,17-18H,3-5,10H2,1-2H3/t13-,16-/m1/s1. The molecule has 3 rings (SSSR count). The lowest BCUT2D eigenvalue weighted by Crippen LogP contribution is -2.38. The average Bonchev–Trinajstić information content (AvgIpc) is 3.05. The third kappa shape index (κ3) is 2.53. The van der Waals surface area contributed by atoms with Gasteiger partial charge in [-0.15, -0.1) is 0 Å². The Labute approximate surface area is 118 Å². The van der Waals surface area contributed by atoms with E-state index in [9.17, 15) is 5.11 Å². The highest BCUT2D eigenvalue weighted by Crippen LogP contribution is 2.31. The zero-order valence-electron chi connectivity index (χ0n) is 12.0. The van der Waals surface area contributed by atoms with Crippen LogP contribution in [0.25, 0.3) is 0 Å². The van der Waals surface area contributed by atoms with Crippen LogP contribution in [0.2, 0.25) is 0 Å². The third-order valence-corrected chi connectivity index (χ3v) is 4.02. The minimum absolute atomic E-state index is 0.250. The number of rotatable bonds is 4. The molecule has 0 aliphatic heterocycles. The van der Waals surface area contributed by atoms with Crippen molar-refractivity contribution in [3.63, 3.8) is 0 Å². The first-order valence-corrected chi connectivity index (χ1v) is 7.15. The maximum atomic E-state index is 10.5. The highest BCUT2D eigenvalue weighted by molar-refractivity contribution is 5.24. The van der Waals surface area contributed by atoms with Gasteiger partial charge in [-0.25, -0.2) is 0 Å². The van der Waals surface area contributed by atoms with Crippen molar-refractivity contribution in [2.45, 2.75) is 44.8 Å². The normalized spacial score (nSPS) is 21.4. The van der Waals surface area contributed by atoms with E-state index in [-0.39, 0.29) is 6.04 Å². The average molecular weight is 275 g/mol. The SMILES string of the molecule is Cc1ccc([C@](C)(O)CN[C@@H]2CCCc3occc32)o1. The second kappa shape index (κ2) is 5.11. The van der Waals surface area contributed by atoms with Crippen LogP contribution in [0.1, 0.15) is 48.7 Å². The van der Waals surface area contributed by atoms with Crippen LogP contribution < -0.4 is 5.32 Å². The molecule has 0 saturated carbocycles. The maximum Gasteiger partial charge on any atom is 0.136 e. The van der Waals surface area contributed by atoms with Gasteiger partial charge in [-0.1, -0.05) is 0 Å². The quantitative estimate of drug-likeness (QED) is 0.900. The molecule has 0 saturated heterocycles. The molecule has 4 heteroatoms. The van der Waals surface area contributed by atoms with E-state index >= 15 is 0 Å². The molecule has 20 heavy (non-hydrogen) atoms. The van der Waals surface area contributed by atoms with Crippen LogP contribution in [-0.4, -0.2) is 11.7 Å². The Kier molecular flexibility index (Phi) is 3.44. The van der Waals surface area contributed by atoms with Gasteiger partial charge in [-0.05, 0) is 44.9 Å². The molecule has 0 bridgehead atoms. The molecule has 2 N–H and O–H groups in total. The van der Waals surface area contributed by atoms with E-state index in [0.717, 1.165) is 30.8 Å². The number of hydrogen-bond donors (Lipinski definition) is 2. The second-order valence-electron chi connectivity index (χ2n) is 5.81. The van der Waals surface area contributed by atoms with E-state index in [1.807, 2.05) is 25.1 Å². The van der Waals surface area contributed by atoms with Gasteiger partial charge in [0.05, 0.1) is 6.26 Å². The van der Waals surface area contributed by atoms with Crippen molar-refractivity contribution in [3.8, 4) is 0 Å². The highest BCUT2D eigenvalue weighted by atomic mass is 16.4. The molecular weight excluding hydrogens is 254 g/mol. The lowest BCUT2D eigenvalue weighted by Gasteiger charge is -2.28.